The lowest BCUT2D eigenvalue weighted by Gasteiger charge is -2.29. The van der Waals surface area contributed by atoms with Crippen molar-refractivity contribution in [3.63, 3.8) is 0 Å². The smallest absolute Gasteiger partial charge is 0.175 e. The van der Waals surface area contributed by atoms with Crippen molar-refractivity contribution in [3.8, 4) is 22.8 Å². The molecule has 162 valence electrons. The fraction of sp³-hybridized carbons (Fsp3) is 0.273. The Kier molecular flexibility index (Phi) is 5.62. The summed E-state index contributed by atoms with van der Waals surface area (Å²) >= 11 is 5.92. The van der Waals surface area contributed by atoms with Crippen LogP contribution in [0.4, 0.5) is 5.69 Å². The number of hydrogen-bond acceptors (Lipinski definition) is 7. The zero-order valence-electron chi connectivity index (χ0n) is 17.4. The van der Waals surface area contributed by atoms with Crippen molar-refractivity contribution < 1.29 is 19.7 Å². The van der Waals surface area contributed by atoms with Gasteiger partial charge in [-0.25, -0.2) is 4.68 Å². The van der Waals surface area contributed by atoms with Crippen molar-refractivity contribution in [2.45, 2.75) is 25.7 Å². The lowest BCUT2D eigenvalue weighted by Crippen LogP contribution is -2.32. The van der Waals surface area contributed by atoms with Gasteiger partial charge in [0.1, 0.15) is 12.9 Å². The van der Waals surface area contributed by atoms with E-state index in [0.717, 1.165) is 11.3 Å². The molecule has 2 N–H and O–H groups in total. The predicted molar refractivity (Wildman–Crippen MR) is 119 cm³/mol. The first-order chi connectivity index (χ1) is 14.7. The summed E-state index contributed by atoms with van der Waals surface area (Å²) in [5.41, 5.74) is 1.84. The van der Waals surface area contributed by atoms with Gasteiger partial charge in [0.25, 0.3) is 0 Å². The van der Waals surface area contributed by atoms with Gasteiger partial charge in [-0.1, -0.05) is 11.6 Å². The van der Waals surface area contributed by atoms with Crippen molar-refractivity contribution in [1.29, 1.82) is 0 Å². The summed E-state index contributed by atoms with van der Waals surface area (Å²) < 4.78 is 12.7. The van der Waals surface area contributed by atoms with Crippen LogP contribution >= 0.6 is 11.6 Å². The van der Waals surface area contributed by atoms with Crippen LogP contribution in [0.1, 0.15) is 25.8 Å². The normalized spacial score (nSPS) is 15.7. The Bertz CT molecular complexity index is 1110. The van der Waals surface area contributed by atoms with Crippen molar-refractivity contribution in [2.24, 2.45) is 5.10 Å². The van der Waals surface area contributed by atoms with Gasteiger partial charge in [0.15, 0.2) is 17.7 Å². The molecule has 0 radical (unpaired) electrons. The average molecular weight is 443 g/mol. The highest BCUT2D eigenvalue weighted by atomic mass is 35.5. The quantitative estimate of drug-likeness (QED) is 0.605. The van der Waals surface area contributed by atoms with Crippen LogP contribution in [0, 0.1) is 0 Å². The van der Waals surface area contributed by atoms with Crippen LogP contribution in [0.5, 0.6) is 11.5 Å². The molecule has 1 atom stereocenters. The van der Waals surface area contributed by atoms with Gasteiger partial charge in [-0.05, 0) is 44.2 Å². The number of pyridine rings is 1. The second kappa shape index (κ2) is 8.22. The van der Waals surface area contributed by atoms with Crippen LogP contribution in [-0.4, -0.2) is 45.5 Å². The van der Waals surface area contributed by atoms with Gasteiger partial charge < -0.3 is 19.7 Å². The van der Waals surface area contributed by atoms with Crippen molar-refractivity contribution in [2.75, 3.05) is 18.6 Å². The maximum Gasteiger partial charge on any atom is 0.175 e. The van der Waals surface area contributed by atoms with Gasteiger partial charge in [-0.2, -0.15) is 5.10 Å². The molecular formula is C22H23ClN4O4. The highest BCUT2D eigenvalue weighted by Gasteiger charge is 2.26. The second-order valence-electron chi connectivity index (χ2n) is 7.81. The van der Waals surface area contributed by atoms with E-state index in [2.05, 4.69) is 10.1 Å². The van der Waals surface area contributed by atoms with E-state index >= 15 is 0 Å². The van der Waals surface area contributed by atoms with E-state index in [1.54, 1.807) is 66.4 Å². The first-order valence-electron chi connectivity index (χ1n) is 9.63. The van der Waals surface area contributed by atoms with Crippen LogP contribution in [0.15, 0.2) is 53.9 Å². The number of fused-ring (bicyclic) bond motifs is 1. The summed E-state index contributed by atoms with van der Waals surface area (Å²) in [5, 5.41) is 25.8. The number of halogens is 1. The van der Waals surface area contributed by atoms with Crippen LogP contribution in [-0.2, 0) is 0 Å². The highest BCUT2D eigenvalue weighted by molar-refractivity contribution is 6.30. The Morgan fingerprint density at radius 3 is 2.65 bits per heavy atom. The molecule has 2 aromatic heterocycles. The molecule has 0 amide bonds. The summed E-state index contributed by atoms with van der Waals surface area (Å²) in [6.45, 7) is 3.44. The number of nitrogens with zero attached hydrogens (tertiary/aromatic N) is 4. The molecule has 3 aromatic rings. The number of methoxy groups -OCH3 is 1. The Balaban J connectivity index is 1.59. The maximum atomic E-state index is 11.0. The minimum atomic E-state index is -0.971. The predicted octanol–water partition coefficient (Wildman–Crippen LogP) is 3.66. The monoisotopic (exact) mass is 442 g/mol. The lowest BCUT2D eigenvalue weighted by atomic mass is 10.1. The largest absolute Gasteiger partial charge is 0.493 e. The molecule has 0 fully saturated rings. The molecule has 1 aromatic carbocycles. The fourth-order valence-corrected chi connectivity index (χ4v) is 3.28. The summed E-state index contributed by atoms with van der Waals surface area (Å²) in [6.07, 6.45) is 3.96. The second-order valence-corrected chi connectivity index (χ2v) is 8.24. The summed E-state index contributed by atoms with van der Waals surface area (Å²) in [7, 11) is 1.54. The van der Waals surface area contributed by atoms with Crippen LogP contribution in [0.25, 0.3) is 11.3 Å². The summed E-state index contributed by atoms with van der Waals surface area (Å²) in [4.78, 5) is 5.94. The summed E-state index contributed by atoms with van der Waals surface area (Å²) in [5.74, 6) is 0.977. The molecule has 9 heteroatoms. The topological polar surface area (TPSA) is 92.3 Å². The Hall–Kier alpha value is -3.07. The number of aliphatic hydroxyl groups excluding tert-OH is 1. The first-order valence-corrected chi connectivity index (χ1v) is 10.0. The third-order valence-corrected chi connectivity index (χ3v) is 4.93. The average Bonchev–Trinajstić information content (AvgIpc) is 3.18. The molecule has 0 aliphatic carbocycles. The number of aromatic nitrogens is 2. The van der Waals surface area contributed by atoms with Gasteiger partial charge >= 0.3 is 0 Å². The summed E-state index contributed by atoms with van der Waals surface area (Å²) in [6, 6.07) is 10.7. The van der Waals surface area contributed by atoms with E-state index in [-0.39, 0.29) is 6.61 Å². The van der Waals surface area contributed by atoms with Crippen LogP contribution < -0.4 is 14.4 Å². The molecule has 0 spiro atoms. The number of ether oxygens (including phenoxy) is 2. The van der Waals surface area contributed by atoms with Crippen LogP contribution in [0.2, 0.25) is 5.02 Å². The van der Waals surface area contributed by atoms with Gasteiger partial charge in [0.2, 0.25) is 0 Å². The zero-order valence-corrected chi connectivity index (χ0v) is 18.1. The molecule has 0 bridgehead atoms. The number of aliphatic hydroxyl groups is 2. The molecule has 3 heterocycles. The van der Waals surface area contributed by atoms with Crippen molar-refractivity contribution in [1.82, 2.24) is 9.66 Å². The van der Waals surface area contributed by atoms with Crippen molar-refractivity contribution in [3.05, 3.63) is 59.5 Å². The Labute approximate surface area is 184 Å². The van der Waals surface area contributed by atoms with E-state index in [9.17, 15) is 10.2 Å². The maximum absolute atomic E-state index is 11.0. The lowest BCUT2D eigenvalue weighted by molar-refractivity contribution is 0.0276. The third-order valence-electron chi connectivity index (χ3n) is 4.71. The molecule has 0 saturated heterocycles. The number of anilines is 1. The Morgan fingerprint density at radius 1 is 1.16 bits per heavy atom. The van der Waals surface area contributed by atoms with Gasteiger partial charge in [0, 0.05) is 29.7 Å². The van der Waals surface area contributed by atoms with E-state index in [1.165, 1.54) is 7.11 Å². The number of hydrogen-bond donors (Lipinski definition) is 2. The van der Waals surface area contributed by atoms with Gasteiger partial charge in [-0.15, -0.1) is 0 Å². The van der Waals surface area contributed by atoms with E-state index in [0.29, 0.717) is 27.9 Å². The minimum absolute atomic E-state index is 0.117. The molecule has 1 aliphatic heterocycles. The molecule has 1 aliphatic rings. The first kappa shape index (κ1) is 21.2. The SMILES string of the molecule is COc1cc(N2C=Nn3cc(-c4ccc(Cl)cn4)cc3C2O)ccc1OCC(C)(C)O. The molecule has 1 unspecified atom stereocenters. The van der Waals surface area contributed by atoms with Crippen LogP contribution in [0.3, 0.4) is 0 Å². The van der Waals surface area contributed by atoms with E-state index in [4.69, 9.17) is 21.1 Å². The standard InChI is InChI=1S/C22H23ClN4O4/c1-22(2,29)12-31-19-7-5-16(9-20(19)30-3)26-13-25-27-11-14(8-18(27)21(26)28)17-6-4-15(23)10-24-17/h4-11,13,21,28-29H,12H2,1-3H3. The molecule has 4 rings (SSSR count). The van der Waals surface area contributed by atoms with Crippen molar-refractivity contribution >= 4 is 23.6 Å². The third kappa shape index (κ3) is 4.51. The zero-order chi connectivity index (χ0) is 22.2. The van der Waals surface area contributed by atoms with E-state index in [1.807, 2.05) is 12.1 Å². The fourth-order valence-electron chi connectivity index (χ4n) is 3.16. The molecule has 31 heavy (non-hydrogen) atoms. The molecule has 0 saturated carbocycles. The van der Waals surface area contributed by atoms with Gasteiger partial charge in [-0.3, -0.25) is 9.88 Å². The highest BCUT2D eigenvalue weighted by Crippen LogP contribution is 2.36. The minimum Gasteiger partial charge on any atom is -0.493 e. The molecule has 8 nitrogen and oxygen atoms in total. The van der Waals surface area contributed by atoms with Gasteiger partial charge in [0.05, 0.1) is 29.1 Å². The number of benzene rings is 1. The van der Waals surface area contributed by atoms with E-state index < -0.39 is 11.8 Å². The number of rotatable bonds is 6. The molecular weight excluding hydrogens is 420 g/mol. The Morgan fingerprint density at radius 2 is 1.97 bits per heavy atom.